The highest BCUT2D eigenvalue weighted by atomic mass is 16.5. The average molecular weight is 160 g/mol. The summed E-state index contributed by atoms with van der Waals surface area (Å²) in [6.07, 6.45) is 0.287. The minimum atomic E-state index is 0.139. The minimum absolute atomic E-state index is 0.139. The van der Waals surface area contributed by atoms with E-state index in [0.29, 0.717) is 0 Å². The van der Waals surface area contributed by atoms with Gasteiger partial charge in [0.05, 0.1) is 12.2 Å². The molecule has 0 unspecified atom stereocenters. The molecule has 1 saturated heterocycles. The molecule has 1 heterocycles. The molecule has 0 bridgehead atoms. The van der Waals surface area contributed by atoms with E-state index >= 15 is 0 Å². The molecule has 4 heteroatoms. The molecule has 0 radical (unpaired) electrons. The van der Waals surface area contributed by atoms with Crippen LogP contribution in [0.4, 0.5) is 0 Å². The summed E-state index contributed by atoms with van der Waals surface area (Å²) < 4.78 is 10.6. The van der Waals surface area contributed by atoms with Crippen molar-refractivity contribution in [2.75, 3.05) is 26.8 Å². The van der Waals surface area contributed by atoms with Gasteiger partial charge in [-0.3, -0.25) is 5.84 Å². The summed E-state index contributed by atoms with van der Waals surface area (Å²) in [5.41, 5.74) is 0. The highest BCUT2D eigenvalue weighted by Gasteiger charge is 2.31. The van der Waals surface area contributed by atoms with Crippen molar-refractivity contribution in [1.82, 2.24) is 5.01 Å². The first-order valence-corrected chi connectivity index (χ1v) is 3.92. The molecule has 0 aromatic rings. The Hall–Kier alpha value is -0.160. The van der Waals surface area contributed by atoms with Gasteiger partial charge < -0.3 is 9.47 Å². The third-order valence-electron chi connectivity index (χ3n) is 1.93. The number of ether oxygens (including phenoxy) is 2. The van der Waals surface area contributed by atoms with Gasteiger partial charge in [0.25, 0.3) is 0 Å². The average Bonchev–Trinajstić information content (AvgIpc) is 2.32. The van der Waals surface area contributed by atoms with Crippen molar-refractivity contribution in [2.45, 2.75) is 19.1 Å². The molecule has 66 valence electrons. The van der Waals surface area contributed by atoms with E-state index in [2.05, 4.69) is 0 Å². The molecule has 0 amide bonds. The van der Waals surface area contributed by atoms with E-state index in [-0.39, 0.29) is 12.2 Å². The third-order valence-corrected chi connectivity index (χ3v) is 1.93. The molecule has 1 aliphatic heterocycles. The summed E-state index contributed by atoms with van der Waals surface area (Å²) in [6, 6.07) is 0. The Morgan fingerprint density at radius 3 is 2.64 bits per heavy atom. The fourth-order valence-corrected chi connectivity index (χ4v) is 1.37. The molecule has 0 aromatic carbocycles. The van der Waals surface area contributed by atoms with Gasteiger partial charge >= 0.3 is 0 Å². The number of hydrogen-bond acceptors (Lipinski definition) is 4. The normalized spacial score (nSPS) is 33.0. The molecule has 0 saturated carbocycles. The highest BCUT2D eigenvalue weighted by Crippen LogP contribution is 2.12. The molecular formula is C7H16N2O2. The van der Waals surface area contributed by atoms with Gasteiger partial charge in [-0.1, -0.05) is 0 Å². The lowest BCUT2D eigenvalue weighted by atomic mass is 10.2. The number of nitrogens with two attached hydrogens (primary N) is 1. The van der Waals surface area contributed by atoms with Gasteiger partial charge in [-0.25, -0.2) is 5.01 Å². The quantitative estimate of drug-likeness (QED) is 0.570. The van der Waals surface area contributed by atoms with Crippen LogP contribution in [-0.4, -0.2) is 44.0 Å². The van der Waals surface area contributed by atoms with Crippen molar-refractivity contribution >= 4 is 0 Å². The standard InChI is InChI=1S/C7H16N2O2/c1-3-11-7-5-9(8)4-6(7)10-2/h6-7H,3-5,8H2,1-2H3/t6-,7+/m0/s1. The number of hydrazine groups is 1. The van der Waals surface area contributed by atoms with Crippen LogP contribution in [0.25, 0.3) is 0 Å². The van der Waals surface area contributed by atoms with Gasteiger partial charge in [0.1, 0.15) is 0 Å². The molecule has 0 aliphatic carbocycles. The lowest BCUT2D eigenvalue weighted by molar-refractivity contribution is -0.0233. The smallest absolute Gasteiger partial charge is 0.0989 e. The predicted octanol–water partition coefficient (Wildman–Crippen LogP) is -0.404. The van der Waals surface area contributed by atoms with E-state index in [1.807, 2.05) is 6.92 Å². The molecule has 11 heavy (non-hydrogen) atoms. The van der Waals surface area contributed by atoms with E-state index in [1.54, 1.807) is 12.1 Å². The second kappa shape index (κ2) is 4.01. The number of methoxy groups -OCH3 is 1. The molecule has 2 atom stereocenters. The lowest BCUT2D eigenvalue weighted by Crippen LogP contribution is -2.29. The molecule has 0 spiro atoms. The monoisotopic (exact) mass is 160 g/mol. The summed E-state index contributed by atoms with van der Waals surface area (Å²) in [6.45, 7) is 4.23. The largest absolute Gasteiger partial charge is 0.377 e. The summed E-state index contributed by atoms with van der Waals surface area (Å²) in [7, 11) is 1.69. The van der Waals surface area contributed by atoms with Gasteiger partial charge in [-0.05, 0) is 6.92 Å². The van der Waals surface area contributed by atoms with Crippen molar-refractivity contribution in [3.8, 4) is 0 Å². The Morgan fingerprint density at radius 2 is 2.09 bits per heavy atom. The zero-order valence-corrected chi connectivity index (χ0v) is 7.12. The van der Waals surface area contributed by atoms with E-state index in [0.717, 1.165) is 19.7 Å². The Labute approximate surface area is 67.2 Å². The van der Waals surface area contributed by atoms with Crippen LogP contribution in [0.5, 0.6) is 0 Å². The summed E-state index contributed by atoms with van der Waals surface area (Å²) in [4.78, 5) is 0. The molecule has 0 aromatic heterocycles. The van der Waals surface area contributed by atoms with Crippen molar-refractivity contribution in [3.05, 3.63) is 0 Å². The predicted molar refractivity (Wildman–Crippen MR) is 42.0 cm³/mol. The Balaban J connectivity index is 2.37. The van der Waals surface area contributed by atoms with Crippen LogP contribution in [0, 0.1) is 0 Å². The van der Waals surface area contributed by atoms with Crippen LogP contribution < -0.4 is 5.84 Å². The van der Waals surface area contributed by atoms with Gasteiger partial charge in [0, 0.05) is 26.8 Å². The molecule has 2 N–H and O–H groups in total. The van der Waals surface area contributed by atoms with Crippen LogP contribution in [0.3, 0.4) is 0 Å². The Bertz CT molecular complexity index is 121. The topological polar surface area (TPSA) is 47.7 Å². The van der Waals surface area contributed by atoms with Gasteiger partial charge in [0.2, 0.25) is 0 Å². The molecule has 1 rings (SSSR count). The molecule has 1 aliphatic rings. The zero-order chi connectivity index (χ0) is 8.27. The summed E-state index contributed by atoms with van der Waals surface area (Å²) >= 11 is 0. The Kier molecular flexibility index (Phi) is 3.26. The molecule has 4 nitrogen and oxygen atoms in total. The maximum Gasteiger partial charge on any atom is 0.0989 e. The fraction of sp³-hybridized carbons (Fsp3) is 1.00. The van der Waals surface area contributed by atoms with Crippen LogP contribution in [0.15, 0.2) is 0 Å². The maximum absolute atomic E-state index is 5.59. The first kappa shape index (κ1) is 8.93. The zero-order valence-electron chi connectivity index (χ0n) is 7.12. The number of rotatable bonds is 3. The van der Waals surface area contributed by atoms with Crippen LogP contribution in [-0.2, 0) is 9.47 Å². The maximum atomic E-state index is 5.59. The van der Waals surface area contributed by atoms with Crippen molar-refractivity contribution in [2.24, 2.45) is 5.84 Å². The van der Waals surface area contributed by atoms with Crippen LogP contribution >= 0.6 is 0 Å². The summed E-state index contributed by atoms with van der Waals surface area (Å²) in [5.74, 6) is 5.59. The van der Waals surface area contributed by atoms with Crippen molar-refractivity contribution < 1.29 is 9.47 Å². The highest BCUT2D eigenvalue weighted by molar-refractivity contribution is 4.82. The van der Waals surface area contributed by atoms with Crippen LogP contribution in [0.1, 0.15) is 6.92 Å². The van der Waals surface area contributed by atoms with Gasteiger partial charge in [0.15, 0.2) is 0 Å². The summed E-state index contributed by atoms with van der Waals surface area (Å²) in [5, 5.41) is 1.73. The first-order valence-electron chi connectivity index (χ1n) is 3.92. The number of hydrogen-bond donors (Lipinski definition) is 1. The van der Waals surface area contributed by atoms with Gasteiger partial charge in [-0.15, -0.1) is 0 Å². The second-order valence-corrected chi connectivity index (χ2v) is 2.72. The van der Waals surface area contributed by atoms with Crippen LogP contribution in [0.2, 0.25) is 0 Å². The third kappa shape index (κ3) is 2.13. The van der Waals surface area contributed by atoms with Gasteiger partial charge in [-0.2, -0.15) is 0 Å². The van der Waals surface area contributed by atoms with E-state index in [1.165, 1.54) is 0 Å². The Morgan fingerprint density at radius 1 is 1.45 bits per heavy atom. The van der Waals surface area contributed by atoms with Crippen molar-refractivity contribution in [3.63, 3.8) is 0 Å². The molecule has 1 fully saturated rings. The first-order chi connectivity index (χ1) is 5.27. The van der Waals surface area contributed by atoms with E-state index < -0.39 is 0 Å². The van der Waals surface area contributed by atoms with Crippen molar-refractivity contribution in [1.29, 1.82) is 0 Å². The minimum Gasteiger partial charge on any atom is -0.377 e. The van der Waals surface area contributed by atoms with E-state index in [4.69, 9.17) is 15.3 Å². The van der Waals surface area contributed by atoms with E-state index in [9.17, 15) is 0 Å². The number of nitrogens with zero attached hydrogens (tertiary/aromatic N) is 1. The molecular weight excluding hydrogens is 144 g/mol. The fourth-order valence-electron chi connectivity index (χ4n) is 1.37. The second-order valence-electron chi connectivity index (χ2n) is 2.72. The lowest BCUT2D eigenvalue weighted by Gasteiger charge is -2.15. The SMILES string of the molecule is CCO[C@@H]1CN(N)C[C@@H]1OC.